The standard InChI is InChI=1S/C14H13N3O5/c1-8-2-4-11(13(6-8)22-14(18)19)16-10-5-3-9(15)7-12(10)17(20)21/h2-7,16H,15H2,1H3,(H,18,19). The number of carbonyl (C=O) groups is 1. The number of nitrogens with zero attached hydrogens (tertiary/aromatic N) is 1. The molecule has 0 saturated heterocycles. The Bertz CT molecular complexity index is 745. The van der Waals surface area contributed by atoms with Gasteiger partial charge in [0.05, 0.1) is 10.6 Å². The fraction of sp³-hybridized carbons (Fsp3) is 0.0714. The Morgan fingerprint density at radius 2 is 1.95 bits per heavy atom. The van der Waals surface area contributed by atoms with Gasteiger partial charge in [0.15, 0.2) is 5.75 Å². The Morgan fingerprint density at radius 3 is 2.59 bits per heavy atom. The van der Waals surface area contributed by atoms with Crippen LogP contribution in [0.2, 0.25) is 0 Å². The van der Waals surface area contributed by atoms with E-state index in [2.05, 4.69) is 10.1 Å². The van der Waals surface area contributed by atoms with Crippen LogP contribution in [0, 0.1) is 17.0 Å². The monoisotopic (exact) mass is 303 g/mol. The number of aryl methyl sites for hydroxylation is 1. The molecule has 0 amide bonds. The van der Waals surface area contributed by atoms with Crippen LogP contribution in [0.3, 0.4) is 0 Å². The highest BCUT2D eigenvalue weighted by molar-refractivity contribution is 5.77. The molecule has 2 aromatic carbocycles. The number of anilines is 3. The average Bonchev–Trinajstić information content (AvgIpc) is 2.42. The molecule has 0 radical (unpaired) electrons. The summed E-state index contributed by atoms with van der Waals surface area (Å²) in [6.45, 7) is 1.77. The van der Waals surface area contributed by atoms with Crippen LogP contribution in [-0.4, -0.2) is 16.2 Å². The van der Waals surface area contributed by atoms with Gasteiger partial charge in [-0.3, -0.25) is 10.1 Å². The minimum absolute atomic E-state index is 0.0543. The maximum atomic E-state index is 11.1. The Morgan fingerprint density at radius 1 is 1.27 bits per heavy atom. The van der Waals surface area contributed by atoms with Crippen LogP contribution in [0.25, 0.3) is 0 Å². The minimum atomic E-state index is -1.47. The van der Waals surface area contributed by atoms with Gasteiger partial charge in [-0.1, -0.05) is 6.07 Å². The summed E-state index contributed by atoms with van der Waals surface area (Å²) in [6.07, 6.45) is -1.47. The van der Waals surface area contributed by atoms with E-state index in [1.54, 1.807) is 19.1 Å². The Balaban J connectivity index is 2.43. The van der Waals surface area contributed by atoms with E-state index in [1.807, 2.05) is 0 Å². The molecule has 0 aliphatic heterocycles. The zero-order chi connectivity index (χ0) is 16.3. The molecule has 0 atom stereocenters. The van der Waals surface area contributed by atoms with Gasteiger partial charge in [-0.15, -0.1) is 0 Å². The van der Waals surface area contributed by atoms with Crippen LogP contribution < -0.4 is 15.8 Å². The second-order valence-corrected chi connectivity index (χ2v) is 4.53. The number of hydrogen-bond donors (Lipinski definition) is 3. The Hall–Kier alpha value is -3.29. The van der Waals surface area contributed by atoms with Crippen molar-refractivity contribution in [1.29, 1.82) is 0 Å². The molecule has 0 bridgehead atoms. The third kappa shape index (κ3) is 3.42. The zero-order valence-electron chi connectivity index (χ0n) is 11.6. The van der Waals surface area contributed by atoms with Crippen molar-refractivity contribution in [3.63, 3.8) is 0 Å². The molecule has 2 rings (SSSR count). The van der Waals surface area contributed by atoms with Gasteiger partial charge in [-0.05, 0) is 36.8 Å². The number of nitrogens with one attached hydrogen (secondary N) is 1. The van der Waals surface area contributed by atoms with E-state index in [4.69, 9.17) is 10.8 Å². The van der Waals surface area contributed by atoms with Crippen molar-refractivity contribution >= 4 is 28.9 Å². The smallest absolute Gasteiger partial charge is 0.449 e. The minimum Gasteiger partial charge on any atom is -0.449 e. The van der Waals surface area contributed by atoms with Crippen molar-refractivity contribution in [2.75, 3.05) is 11.1 Å². The van der Waals surface area contributed by atoms with Crippen LogP contribution in [-0.2, 0) is 0 Å². The molecule has 0 spiro atoms. The molecule has 8 heteroatoms. The van der Waals surface area contributed by atoms with E-state index in [1.165, 1.54) is 24.3 Å². The van der Waals surface area contributed by atoms with E-state index in [-0.39, 0.29) is 22.8 Å². The van der Waals surface area contributed by atoms with Gasteiger partial charge in [-0.25, -0.2) is 4.79 Å². The van der Waals surface area contributed by atoms with E-state index in [9.17, 15) is 14.9 Å². The fourth-order valence-corrected chi connectivity index (χ4v) is 1.86. The molecule has 8 nitrogen and oxygen atoms in total. The van der Waals surface area contributed by atoms with Crippen LogP contribution in [0.4, 0.5) is 27.5 Å². The molecule has 0 unspecified atom stereocenters. The van der Waals surface area contributed by atoms with E-state index in [0.717, 1.165) is 5.56 Å². The summed E-state index contributed by atoms with van der Waals surface area (Å²) in [4.78, 5) is 21.2. The zero-order valence-corrected chi connectivity index (χ0v) is 11.6. The van der Waals surface area contributed by atoms with Gasteiger partial charge >= 0.3 is 6.16 Å². The highest BCUT2D eigenvalue weighted by Crippen LogP contribution is 2.34. The quantitative estimate of drug-likeness (QED) is 0.260. The van der Waals surface area contributed by atoms with Gasteiger partial charge in [0.2, 0.25) is 0 Å². The molecular formula is C14H13N3O5. The van der Waals surface area contributed by atoms with Crippen LogP contribution in [0.15, 0.2) is 36.4 Å². The first-order chi connectivity index (χ1) is 10.4. The normalized spacial score (nSPS) is 10.0. The summed E-state index contributed by atoms with van der Waals surface area (Å²) in [5.74, 6) is 0.0543. The highest BCUT2D eigenvalue weighted by atomic mass is 16.7. The number of hydrogen-bond acceptors (Lipinski definition) is 6. The lowest BCUT2D eigenvalue weighted by Gasteiger charge is -2.12. The first-order valence-electron chi connectivity index (χ1n) is 6.19. The number of nitrogen functional groups attached to an aromatic ring is 1. The van der Waals surface area contributed by atoms with Crippen LogP contribution >= 0.6 is 0 Å². The molecule has 0 aliphatic rings. The second-order valence-electron chi connectivity index (χ2n) is 4.53. The summed E-state index contributed by atoms with van der Waals surface area (Å²) >= 11 is 0. The van der Waals surface area contributed by atoms with Crippen LogP contribution in [0.1, 0.15) is 5.56 Å². The Kier molecular flexibility index (Phi) is 4.12. The highest BCUT2D eigenvalue weighted by Gasteiger charge is 2.16. The number of benzene rings is 2. The molecular weight excluding hydrogens is 290 g/mol. The van der Waals surface area contributed by atoms with Gasteiger partial charge in [-0.2, -0.15) is 0 Å². The number of ether oxygens (including phenoxy) is 1. The third-order valence-electron chi connectivity index (χ3n) is 2.82. The first kappa shape index (κ1) is 15.1. The summed E-state index contributed by atoms with van der Waals surface area (Å²) in [7, 11) is 0. The number of rotatable bonds is 4. The van der Waals surface area contributed by atoms with Crippen molar-refractivity contribution in [2.45, 2.75) is 6.92 Å². The van der Waals surface area contributed by atoms with Crippen molar-refractivity contribution in [2.24, 2.45) is 0 Å². The summed E-state index contributed by atoms with van der Waals surface area (Å²) in [5, 5.41) is 22.6. The molecule has 0 saturated carbocycles. The van der Waals surface area contributed by atoms with Crippen molar-refractivity contribution in [1.82, 2.24) is 0 Å². The molecule has 0 fully saturated rings. The van der Waals surface area contributed by atoms with Gasteiger partial charge in [0.1, 0.15) is 5.69 Å². The second kappa shape index (κ2) is 6.00. The van der Waals surface area contributed by atoms with Crippen LogP contribution in [0.5, 0.6) is 5.75 Å². The molecule has 22 heavy (non-hydrogen) atoms. The van der Waals surface area contributed by atoms with Gasteiger partial charge in [0.25, 0.3) is 5.69 Å². The molecule has 0 aromatic heterocycles. The van der Waals surface area contributed by atoms with Gasteiger partial charge < -0.3 is 20.9 Å². The summed E-state index contributed by atoms with van der Waals surface area (Å²) < 4.78 is 4.68. The van der Waals surface area contributed by atoms with E-state index < -0.39 is 11.1 Å². The molecule has 114 valence electrons. The molecule has 4 N–H and O–H groups in total. The van der Waals surface area contributed by atoms with Gasteiger partial charge in [0, 0.05) is 11.8 Å². The summed E-state index contributed by atoms with van der Waals surface area (Å²) in [5.41, 5.74) is 6.83. The lowest BCUT2D eigenvalue weighted by Crippen LogP contribution is -2.06. The largest absolute Gasteiger partial charge is 0.511 e. The predicted molar refractivity (Wildman–Crippen MR) is 80.6 cm³/mol. The summed E-state index contributed by atoms with van der Waals surface area (Å²) in [6, 6.07) is 8.97. The predicted octanol–water partition coefficient (Wildman–Crippen LogP) is 3.29. The van der Waals surface area contributed by atoms with E-state index in [0.29, 0.717) is 5.69 Å². The maximum Gasteiger partial charge on any atom is 0.511 e. The van der Waals surface area contributed by atoms with Crippen molar-refractivity contribution in [3.05, 3.63) is 52.1 Å². The maximum absolute atomic E-state index is 11.1. The number of nitro groups is 1. The number of carboxylic acid groups (broad SMARTS) is 1. The van der Waals surface area contributed by atoms with E-state index >= 15 is 0 Å². The lowest BCUT2D eigenvalue weighted by molar-refractivity contribution is -0.383. The molecule has 0 aliphatic carbocycles. The Labute approximate surface area is 125 Å². The number of nitro benzene ring substituents is 1. The number of nitrogens with two attached hydrogens (primary N) is 1. The topological polar surface area (TPSA) is 128 Å². The van der Waals surface area contributed by atoms with Crippen molar-refractivity contribution in [3.8, 4) is 5.75 Å². The van der Waals surface area contributed by atoms with Crippen molar-refractivity contribution < 1.29 is 19.6 Å². The average molecular weight is 303 g/mol. The first-order valence-corrected chi connectivity index (χ1v) is 6.19. The lowest BCUT2D eigenvalue weighted by atomic mass is 10.2. The SMILES string of the molecule is Cc1ccc(Nc2ccc(N)cc2[N+](=O)[O-])c(OC(=O)O)c1. The fourth-order valence-electron chi connectivity index (χ4n) is 1.86. The molecule has 0 heterocycles. The molecule has 2 aromatic rings. The third-order valence-corrected chi connectivity index (χ3v) is 2.82.